The van der Waals surface area contributed by atoms with Crippen molar-refractivity contribution >= 4 is 5.82 Å². The standard InChI is InChI=1S/C18H20N6O/c1-12-11-15(23-17(21-12)13-3-6-19-7-4-13)22-14-5-10-25-16(14)18-20-8-9-24(18)2/h3-4,6-9,11,14,16H,5,10H2,1-2H3,(H,21,22,23)/t14-,16-/m0/s1. The molecule has 0 aliphatic carbocycles. The molecular formula is C18H20N6O. The molecule has 4 rings (SSSR count). The Labute approximate surface area is 146 Å². The smallest absolute Gasteiger partial charge is 0.161 e. The number of rotatable bonds is 4. The van der Waals surface area contributed by atoms with Crippen LogP contribution < -0.4 is 5.32 Å². The summed E-state index contributed by atoms with van der Waals surface area (Å²) in [5.41, 5.74) is 1.86. The second kappa shape index (κ2) is 6.60. The van der Waals surface area contributed by atoms with Gasteiger partial charge in [0.05, 0.1) is 6.04 Å². The second-order valence-corrected chi connectivity index (χ2v) is 6.18. The minimum absolute atomic E-state index is 0.0837. The molecule has 7 nitrogen and oxygen atoms in total. The Morgan fingerprint density at radius 2 is 2.04 bits per heavy atom. The van der Waals surface area contributed by atoms with Crippen LogP contribution in [0.1, 0.15) is 24.0 Å². The predicted molar refractivity (Wildman–Crippen MR) is 93.9 cm³/mol. The predicted octanol–water partition coefficient (Wildman–Crippen LogP) is 2.52. The van der Waals surface area contributed by atoms with E-state index in [1.54, 1.807) is 18.6 Å². The van der Waals surface area contributed by atoms with Crippen LogP contribution in [0.4, 0.5) is 5.82 Å². The first-order valence-electron chi connectivity index (χ1n) is 8.32. The van der Waals surface area contributed by atoms with Crippen LogP contribution in [-0.4, -0.2) is 37.2 Å². The monoisotopic (exact) mass is 336 g/mol. The highest BCUT2D eigenvalue weighted by molar-refractivity contribution is 5.56. The molecule has 1 fully saturated rings. The maximum absolute atomic E-state index is 5.91. The molecule has 0 unspecified atom stereocenters. The van der Waals surface area contributed by atoms with Gasteiger partial charge in [0.2, 0.25) is 0 Å². The quantitative estimate of drug-likeness (QED) is 0.789. The molecule has 4 heterocycles. The molecule has 1 N–H and O–H groups in total. The molecular weight excluding hydrogens is 316 g/mol. The van der Waals surface area contributed by atoms with E-state index >= 15 is 0 Å². The Bertz CT molecular complexity index is 863. The number of pyridine rings is 1. The zero-order chi connectivity index (χ0) is 17.2. The van der Waals surface area contributed by atoms with Crippen molar-refractivity contribution in [1.82, 2.24) is 24.5 Å². The molecule has 0 spiro atoms. The summed E-state index contributed by atoms with van der Waals surface area (Å²) in [6.45, 7) is 2.68. The van der Waals surface area contributed by atoms with E-state index in [4.69, 9.17) is 4.74 Å². The summed E-state index contributed by atoms with van der Waals surface area (Å²) in [6.07, 6.45) is 8.05. The molecule has 3 aromatic heterocycles. The van der Waals surface area contributed by atoms with Crippen LogP contribution in [0.25, 0.3) is 11.4 Å². The third-order valence-electron chi connectivity index (χ3n) is 4.33. The SMILES string of the molecule is Cc1cc(N[C@H]2CCO[C@@H]2c2nccn2C)nc(-c2ccncc2)n1. The van der Waals surface area contributed by atoms with Gasteiger partial charge in [-0.3, -0.25) is 4.98 Å². The van der Waals surface area contributed by atoms with Gasteiger partial charge in [0.1, 0.15) is 17.7 Å². The first-order valence-corrected chi connectivity index (χ1v) is 8.32. The first-order chi connectivity index (χ1) is 12.2. The molecule has 25 heavy (non-hydrogen) atoms. The third kappa shape index (κ3) is 3.23. The number of nitrogens with one attached hydrogen (secondary N) is 1. The van der Waals surface area contributed by atoms with Crippen LogP contribution in [0, 0.1) is 6.92 Å². The van der Waals surface area contributed by atoms with Gasteiger partial charge in [-0.2, -0.15) is 0 Å². The van der Waals surface area contributed by atoms with Gasteiger partial charge in [0, 0.05) is 55.8 Å². The molecule has 0 bridgehead atoms. The normalized spacial score (nSPS) is 19.9. The van der Waals surface area contributed by atoms with E-state index in [0.29, 0.717) is 12.4 Å². The fraction of sp³-hybridized carbons (Fsp3) is 0.333. The summed E-state index contributed by atoms with van der Waals surface area (Å²) in [6, 6.07) is 5.90. The Balaban J connectivity index is 1.60. The summed E-state index contributed by atoms with van der Waals surface area (Å²) in [7, 11) is 1.98. The molecule has 7 heteroatoms. The molecule has 1 saturated heterocycles. The van der Waals surface area contributed by atoms with Gasteiger partial charge >= 0.3 is 0 Å². The van der Waals surface area contributed by atoms with Crippen molar-refractivity contribution in [3.8, 4) is 11.4 Å². The van der Waals surface area contributed by atoms with Crippen molar-refractivity contribution in [1.29, 1.82) is 0 Å². The van der Waals surface area contributed by atoms with Crippen LogP contribution in [0.3, 0.4) is 0 Å². The lowest BCUT2D eigenvalue weighted by atomic mass is 10.1. The fourth-order valence-corrected chi connectivity index (χ4v) is 3.11. The maximum Gasteiger partial charge on any atom is 0.161 e. The highest BCUT2D eigenvalue weighted by Gasteiger charge is 2.32. The summed E-state index contributed by atoms with van der Waals surface area (Å²) >= 11 is 0. The van der Waals surface area contributed by atoms with Crippen molar-refractivity contribution < 1.29 is 4.74 Å². The topological polar surface area (TPSA) is 77.8 Å². The number of aryl methyl sites for hydroxylation is 2. The second-order valence-electron chi connectivity index (χ2n) is 6.18. The van der Waals surface area contributed by atoms with Gasteiger partial charge < -0.3 is 14.6 Å². The molecule has 1 aliphatic heterocycles. The van der Waals surface area contributed by atoms with E-state index in [-0.39, 0.29) is 12.1 Å². The molecule has 3 aromatic rings. The summed E-state index contributed by atoms with van der Waals surface area (Å²) in [4.78, 5) is 17.7. The molecule has 0 saturated carbocycles. The largest absolute Gasteiger partial charge is 0.368 e. The maximum atomic E-state index is 5.91. The number of imidazole rings is 1. The number of ether oxygens (including phenoxy) is 1. The van der Waals surface area contributed by atoms with E-state index in [1.165, 1.54) is 0 Å². The lowest BCUT2D eigenvalue weighted by molar-refractivity contribution is 0.0983. The van der Waals surface area contributed by atoms with Gasteiger partial charge in [0.25, 0.3) is 0 Å². The van der Waals surface area contributed by atoms with Crippen molar-refractivity contribution in [2.24, 2.45) is 7.05 Å². The fourth-order valence-electron chi connectivity index (χ4n) is 3.11. The van der Waals surface area contributed by atoms with Gasteiger partial charge in [-0.15, -0.1) is 0 Å². The molecule has 0 aromatic carbocycles. The van der Waals surface area contributed by atoms with E-state index < -0.39 is 0 Å². The van der Waals surface area contributed by atoms with Crippen LogP contribution in [-0.2, 0) is 11.8 Å². The number of aromatic nitrogens is 5. The average Bonchev–Trinajstić information content (AvgIpc) is 3.23. The van der Waals surface area contributed by atoms with Crippen molar-refractivity contribution in [3.05, 3.63) is 54.5 Å². The number of hydrogen-bond acceptors (Lipinski definition) is 6. The number of anilines is 1. The number of nitrogens with zero attached hydrogens (tertiary/aromatic N) is 5. The highest BCUT2D eigenvalue weighted by atomic mass is 16.5. The minimum atomic E-state index is -0.0837. The minimum Gasteiger partial charge on any atom is -0.368 e. The molecule has 128 valence electrons. The highest BCUT2D eigenvalue weighted by Crippen LogP contribution is 2.30. The van der Waals surface area contributed by atoms with Crippen LogP contribution in [0.5, 0.6) is 0 Å². The summed E-state index contributed by atoms with van der Waals surface area (Å²) in [5, 5.41) is 3.51. The Morgan fingerprint density at radius 1 is 1.20 bits per heavy atom. The van der Waals surface area contributed by atoms with Crippen molar-refractivity contribution in [2.75, 3.05) is 11.9 Å². The van der Waals surface area contributed by atoms with Gasteiger partial charge in [-0.25, -0.2) is 15.0 Å². The van der Waals surface area contributed by atoms with Gasteiger partial charge in [0.15, 0.2) is 5.82 Å². The zero-order valence-electron chi connectivity index (χ0n) is 14.3. The molecule has 0 amide bonds. The van der Waals surface area contributed by atoms with Gasteiger partial charge in [-0.1, -0.05) is 0 Å². The van der Waals surface area contributed by atoms with Crippen LogP contribution in [0.2, 0.25) is 0 Å². The number of hydrogen-bond donors (Lipinski definition) is 1. The molecule has 1 aliphatic rings. The Kier molecular flexibility index (Phi) is 4.15. The summed E-state index contributed by atoms with van der Waals surface area (Å²) in [5.74, 6) is 2.42. The van der Waals surface area contributed by atoms with Crippen molar-refractivity contribution in [3.63, 3.8) is 0 Å². The molecule has 2 atom stereocenters. The van der Waals surface area contributed by atoms with Crippen LogP contribution >= 0.6 is 0 Å². The first kappa shape index (κ1) is 15.7. The van der Waals surface area contributed by atoms with Crippen molar-refractivity contribution in [2.45, 2.75) is 25.5 Å². The lowest BCUT2D eigenvalue weighted by Gasteiger charge is -2.20. The van der Waals surface area contributed by atoms with E-state index in [9.17, 15) is 0 Å². The van der Waals surface area contributed by atoms with E-state index in [0.717, 1.165) is 29.3 Å². The Hall–Kier alpha value is -2.80. The zero-order valence-corrected chi connectivity index (χ0v) is 14.3. The lowest BCUT2D eigenvalue weighted by Crippen LogP contribution is -2.26. The van der Waals surface area contributed by atoms with E-state index in [2.05, 4.69) is 25.3 Å². The summed E-state index contributed by atoms with van der Waals surface area (Å²) < 4.78 is 7.91. The average molecular weight is 336 g/mol. The van der Waals surface area contributed by atoms with E-state index in [1.807, 2.05) is 42.9 Å². The van der Waals surface area contributed by atoms with Gasteiger partial charge in [-0.05, 0) is 25.5 Å². The molecule has 0 radical (unpaired) electrons. The third-order valence-corrected chi connectivity index (χ3v) is 4.33. The Morgan fingerprint density at radius 3 is 2.80 bits per heavy atom. The van der Waals surface area contributed by atoms with Crippen LogP contribution in [0.15, 0.2) is 43.0 Å².